The van der Waals surface area contributed by atoms with Gasteiger partial charge in [-0.05, 0) is 37.8 Å². The van der Waals surface area contributed by atoms with Gasteiger partial charge >= 0.3 is 5.69 Å². The minimum atomic E-state index is -0.365. The summed E-state index contributed by atoms with van der Waals surface area (Å²) in [4.78, 5) is 13.1. The number of nitrogen functional groups attached to an aromatic ring is 1. The molecule has 0 spiro atoms. The average molecular weight is 264 g/mol. The fourth-order valence-corrected chi connectivity index (χ4v) is 2.70. The molecule has 1 saturated heterocycles. The number of nitro benzene ring substituents is 1. The summed E-state index contributed by atoms with van der Waals surface area (Å²) in [6.45, 7) is 5.13. The van der Waals surface area contributed by atoms with E-state index in [9.17, 15) is 10.1 Å². The normalized spacial score (nSPS) is 23.2. The van der Waals surface area contributed by atoms with Crippen molar-refractivity contribution >= 4 is 17.1 Å². The molecule has 0 amide bonds. The van der Waals surface area contributed by atoms with Gasteiger partial charge in [0.1, 0.15) is 11.4 Å². The topological polar surface area (TPSA) is 84.4 Å². The number of nitro groups is 1. The van der Waals surface area contributed by atoms with Crippen LogP contribution in [0, 0.1) is 16.0 Å². The Balaban J connectivity index is 2.46. The lowest BCUT2D eigenvalue weighted by molar-refractivity contribution is -0.383. The number of hydrogen-bond donors (Lipinski definition) is 2. The van der Waals surface area contributed by atoms with Crippen LogP contribution in [0.15, 0.2) is 18.2 Å². The SMILES string of the molecule is CC1CCC(C)N(c2cccc(NN)c2[N+](=O)[O-])C1. The zero-order valence-corrected chi connectivity index (χ0v) is 11.3. The molecular weight excluding hydrogens is 244 g/mol. The van der Waals surface area contributed by atoms with Gasteiger partial charge in [0.2, 0.25) is 0 Å². The van der Waals surface area contributed by atoms with Crippen LogP contribution in [0.4, 0.5) is 17.1 Å². The van der Waals surface area contributed by atoms with Gasteiger partial charge in [-0.25, -0.2) is 0 Å². The third-order valence-electron chi connectivity index (χ3n) is 3.78. The molecule has 1 aromatic carbocycles. The Hall–Kier alpha value is -1.82. The summed E-state index contributed by atoms with van der Waals surface area (Å²) >= 11 is 0. The van der Waals surface area contributed by atoms with E-state index in [1.54, 1.807) is 18.2 Å². The van der Waals surface area contributed by atoms with Gasteiger partial charge in [-0.2, -0.15) is 0 Å². The summed E-state index contributed by atoms with van der Waals surface area (Å²) in [6.07, 6.45) is 2.22. The van der Waals surface area contributed by atoms with Gasteiger partial charge in [-0.1, -0.05) is 13.0 Å². The lowest BCUT2D eigenvalue weighted by Gasteiger charge is -2.38. The molecule has 1 fully saturated rings. The Morgan fingerprint density at radius 3 is 2.79 bits per heavy atom. The number of nitrogens with one attached hydrogen (secondary N) is 1. The van der Waals surface area contributed by atoms with Crippen molar-refractivity contribution in [1.29, 1.82) is 0 Å². The first-order valence-corrected chi connectivity index (χ1v) is 6.55. The fourth-order valence-electron chi connectivity index (χ4n) is 2.70. The maximum Gasteiger partial charge on any atom is 0.316 e. The van der Waals surface area contributed by atoms with E-state index in [2.05, 4.69) is 24.2 Å². The number of anilines is 2. The van der Waals surface area contributed by atoms with Crippen molar-refractivity contribution in [2.45, 2.75) is 32.7 Å². The van der Waals surface area contributed by atoms with E-state index in [4.69, 9.17) is 5.84 Å². The Morgan fingerprint density at radius 2 is 2.16 bits per heavy atom. The first-order chi connectivity index (χ1) is 9.04. The second kappa shape index (κ2) is 5.44. The van der Waals surface area contributed by atoms with E-state index >= 15 is 0 Å². The Kier molecular flexibility index (Phi) is 3.90. The van der Waals surface area contributed by atoms with Crippen molar-refractivity contribution in [3.63, 3.8) is 0 Å². The molecule has 0 bridgehead atoms. The van der Waals surface area contributed by atoms with E-state index < -0.39 is 0 Å². The lowest BCUT2D eigenvalue weighted by atomic mass is 9.94. The maximum absolute atomic E-state index is 11.3. The Bertz CT molecular complexity index is 478. The Labute approximate surface area is 112 Å². The van der Waals surface area contributed by atoms with E-state index in [-0.39, 0.29) is 10.6 Å². The number of nitrogens with two attached hydrogens (primary N) is 1. The molecule has 1 aliphatic heterocycles. The van der Waals surface area contributed by atoms with Gasteiger partial charge in [0, 0.05) is 12.6 Å². The molecule has 2 atom stereocenters. The van der Waals surface area contributed by atoms with Crippen LogP contribution in [-0.4, -0.2) is 17.5 Å². The molecule has 104 valence electrons. The highest BCUT2D eigenvalue weighted by Crippen LogP contribution is 2.38. The predicted molar refractivity (Wildman–Crippen MR) is 76.1 cm³/mol. The van der Waals surface area contributed by atoms with Crippen molar-refractivity contribution in [2.75, 3.05) is 16.9 Å². The van der Waals surface area contributed by atoms with Crippen molar-refractivity contribution in [1.82, 2.24) is 0 Å². The molecule has 0 radical (unpaired) electrons. The monoisotopic (exact) mass is 264 g/mol. The van der Waals surface area contributed by atoms with Crippen molar-refractivity contribution in [2.24, 2.45) is 11.8 Å². The van der Waals surface area contributed by atoms with Crippen LogP contribution in [0.2, 0.25) is 0 Å². The smallest absolute Gasteiger partial charge is 0.316 e. The number of piperidine rings is 1. The number of rotatable bonds is 3. The molecule has 6 heteroatoms. The minimum Gasteiger partial charge on any atom is -0.363 e. The van der Waals surface area contributed by atoms with Crippen LogP contribution in [0.5, 0.6) is 0 Å². The van der Waals surface area contributed by atoms with Crippen LogP contribution < -0.4 is 16.2 Å². The maximum atomic E-state index is 11.3. The molecule has 2 rings (SSSR count). The number of hydrogen-bond acceptors (Lipinski definition) is 5. The molecular formula is C13H20N4O2. The van der Waals surface area contributed by atoms with Crippen molar-refractivity contribution < 1.29 is 4.92 Å². The largest absolute Gasteiger partial charge is 0.363 e. The van der Waals surface area contributed by atoms with Crippen LogP contribution >= 0.6 is 0 Å². The van der Waals surface area contributed by atoms with E-state index in [0.717, 1.165) is 13.0 Å². The van der Waals surface area contributed by atoms with Crippen LogP contribution in [-0.2, 0) is 0 Å². The van der Waals surface area contributed by atoms with Gasteiger partial charge in [0.05, 0.1) is 4.92 Å². The average Bonchev–Trinajstić information content (AvgIpc) is 2.40. The van der Waals surface area contributed by atoms with Gasteiger partial charge < -0.3 is 10.3 Å². The zero-order chi connectivity index (χ0) is 14.0. The molecule has 0 saturated carbocycles. The fraction of sp³-hybridized carbons (Fsp3) is 0.538. The number of benzene rings is 1. The number of para-hydroxylation sites is 1. The van der Waals surface area contributed by atoms with Gasteiger partial charge in [0.25, 0.3) is 0 Å². The summed E-state index contributed by atoms with van der Waals surface area (Å²) in [6, 6.07) is 5.53. The molecule has 19 heavy (non-hydrogen) atoms. The summed E-state index contributed by atoms with van der Waals surface area (Å²) < 4.78 is 0. The molecule has 0 aliphatic carbocycles. The minimum absolute atomic E-state index is 0.0611. The molecule has 1 aliphatic rings. The molecule has 6 nitrogen and oxygen atoms in total. The summed E-state index contributed by atoms with van der Waals surface area (Å²) in [5, 5.41) is 11.3. The van der Waals surface area contributed by atoms with Gasteiger partial charge in [-0.15, -0.1) is 0 Å². The van der Waals surface area contributed by atoms with E-state index in [0.29, 0.717) is 23.3 Å². The quantitative estimate of drug-likeness (QED) is 0.498. The highest BCUT2D eigenvalue weighted by molar-refractivity contribution is 5.77. The van der Waals surface area contributed by atoms with E-state index in [1.807, 2.05) is 0 Å². The Morgan fingerprint density at radius 1 is 1.42 bits per heavy atom. The first-order valence-electron chi connectivity index (χ1n) is 6.55. The molecule has 2 unspecified atom stereocenters. The van der Waals surface area contributed by atoms with Crippen LogP contribution in [0.3, 0.4) is 0 Å². The van der Waals surface area contributed by atoms with Gasteiger partial charge in [0.15, 0.2) is 0 Å². The standard InChI is InChI=1S/C13H20N4O2/c1-9-6-7-10(2)16(8-9)12-5-3-4-11(15-14)13(12)17(18)19/h3-5,9-10,15H,6-8,14H2,1-2H3. The van der Waals surface area contributed by atoms with Crippen molar-refractivity contribution in [3.05, 3.63) is 28.3 Å². The zero-order valence-electron chi connectivity index (χ0n) is 11.3. The highest BCUT2D eigenvalue weighted by atomic mass is 16.6. The van der Waals surface area contributed by atoms with E-state index in [1.165, 1.54) is 6.42 Å². The summed E-state index contributed by atoms with van der Waals surface area (Å²) in [5.41, 5.74) is 3.48. The lowest BCUT2D eigenvalue weighted by Crippen LogP contribution is -2.41. The summed E-state index contributed by atoms with van der Waals surface area (Å²) in [5.74, 6) is 5.92. The second-order valence-corrected chi connectivity index (χ2v) is 5.26. The summed E-state index contributed by atoms with van der Waals surface area (Å²) in [7, 11) is 0. The second-order valence-electron chi connectivity index (χ2n) is 5.26. The van der Waals surface area contributed by atoms with Crippen LogP contribution in [0.1, 0.15) is 26.7 Å². The number of nitrogens with zero attached hydrogens (tertiary/aromatic N) is 2. The molecule has 3 N–H and O–H groups in total. The third kappa shape index (κ3) is 2.63. The highest BCUT2D eigenvalue weighted by Gasteiger charge is 2.29. The molecule has 1 heterocycles. The predicted octanol–water partition coefficient (Wildman–Crippen LogP) is 2.51. The molecule has 0 aromatic heterocycles. The van der Waals surface area contributed by atoms with Crippen LogP contribution in [0.25, 0.3) is 0 Å². The van der Waals surface area contributed by atoms with Gasteiger partial charge in [-0.3, -0.25) is 16.0 Å². The number of hydrazine groups is 1. The third-order valence-corrected chi connectivity index (χ3v) is 3.78. The molecule has 1 aromatic rings. The van der Waals surface area contributed by atoms with Crippen molar-refractivity contribution in [3.8, 4) is 0 Å². The first kappa shape index (κ1) is 13.6.